The summed E-state index contributed by atoms with van der Waals surface area (Å²) >= 11 is 5.84. The maximum absolute atomic E-state index is 12.4. The van der Waals surface area contributed by atoms with Gasteiger partial charge in [-0.15, -0.1) is 0 Å². The van der Waals surface area contributed by atoms with Gasteiger partial charge in [-0.1, -0.05) is 23.7 Å². The van der Waals surface area contributed by atoms with Crippen LogP contribution in [0.2, 0.25) is 5.02 Å². The summed E-state index contributed by atoms with van der Waals surface area (Å²) in [6, 6.07) is 13.6. The Morgan fingerprint density at radius 2 is 1.81 bits per heavy atom. The molecule has 0 saturated heterocycles. The SMILES string of the molecule is CC(C)(Oc1ccc(Cl)cc1)C(=O)NCc1cccc(OCC(=O)O)c1. The van der Waals surface area contributed by atoms with E-state index in [1.165, 1.54) is 0 Å². The van der Waals surface area contributed by atoms with Gasteiger partial charge in [0, 0.05) is 11.6 Å². The number of nitrogens with one attached hydrogen (secondary N) is 1. The van der Waals surface area contributed by atoms with Gasteiger partial charge in [-0.05, 0) is 55.8 Å². The van der Waals surface area contributed by atoms with Gasteiger partial charge in [0.15, 0.2) is 12.2 Å². The molecule has 0 radical (unpaired) electrons. The van der Waals surface area contributed by atoms with Crippen LogP contribution in [0.5, 0.6) is 11.5 Å². The molecule has 0 bridgehead atoms. The first-order valence-corrected chi connectivity index (χ1v) is 8.30. The average molecular weight is 378 g/mol. The largest absolute Gasteiger partial charge is 0.482 e. The third-order valence-electron chi connectivity index (χ3n) is 3.45. The monoisotopic (exact) mass is 377 g/mol. The zero-order valence-electron chi connectivity index (χ0n) is 14.5. The fourth-order valence-electron chi connectivity index (χ4n) is 2.13. The van der Waals surface area contributed by atoms with Crippen LogP contribution in [0.15, 0.2) is 48.5 Å². The lowest BCUT2D eigenvalue weighted by molar-refractivity contribution is -0.139. The summed E-state index contributed by atoms with van der Waals surface area (Å²) in [5.74, 6) is -0.372. The van der Waals surface area contributed by atoms with Gasteiger partial charge in [0.05, 0.1) is 0 Å². The van der Waals surface area contributed by atoms with Gasteiger partial charge < -0.3 is 19.9 Å². The maximum atomic E-state index is 12.4. The minimum Gasteiger partial charge on any atom is -0.482 e. The van der Waals surface area contributed by atoms with Crippen molar-refractivity contribution in [1.82, 2.24) is 5.32 Å². The van der Waals surface area contributed by atoms with Crippen molar-refractivity contribution in [3.63, 3.8) is 0 Å². The summed E-state index contributed by atoms with van der Waals surface area (Å²) in [6.45, 7) is 3.18. The van der Waals surface area contributed by atoms with E-state index in [4.69, 9.17) is 26.2 Å². The number of carboxylic acid groups (broad SMARTS) is 1. The van der Waals surface area contributed by atoms with E-state index in [-0.39, 0.29) is 12.5 Å². The molecule has 0 aliphatic heterocycles. The van der Waals surface area contributed by atoms with Crippen molar-refractivity contribution in [3.05, 3.63) is 59.1 Å². The molecule has 2 aromatic carbocycles. The Kier molecular flexibility index (Phi) is 6.46. The summed E-state index contributed by atoms with van der Waals surface area (Å²) in [5, 5.41) is 12.0. The maximum Gasteiger partial charge on any atom is 0.341 e. The third-order valence-corrected chi connectivity index (χ3v) is 3.70. The van der Waals surface area contributed by atoms with E-state index in [0.717, 1.165) is 5.56 Å². The van der Waals surface area contributed by atoms with Crippen molar-refractivity contribution < 1.29 is 24.2 Å². The predicted molar refractivity (Wildman–Crippen MR) is 97.6 cm³/mol. The molecular weight excluding hydrogens is 358 g/mol. The first-order chi connectivity index (χ1) is 12.3. The van der Waals surface area contributed by atoms with Crippen molar-refractivity contribution in [2.45, 2.75) is 26.0 Å². The second-order valence-electron chi connectivity index (χ2n) is 6.08. The second-order valence-corrected chi connectivity index (χ2v) is 6.52. The highest BCUT2D eigenvalue weighted by molar-refractivity contribution is 6.30. The van der Waals surface area contributed by atoms with Gasteiger partial charge in [-0.25, -0.2) is 4.79 Å². The number of benzene rings is 2. The lowest BCUT2D eigenvalue weighted by atomic mass is 10.1. The highest BCUT2D eigenvalue weighted by atomic mass is 35.5. The lowest BCUT2D eigenvalue weighted by Crippen LogP contribution is -2.46. The van der Waals surface area contributed by atoms with Crippen LogP contribution in [0.1, 0.15) is 19.4 Å². The minimum atomic E-state index is -1.08. The zero-order chi connectivity index (χ0) is 19.2. The molecule has 0 unspecified atom stereocenters. The Morgan fingerprint density at radius 1 is 1.12 bits per heavy atom. The fourth-order valence-corrected chi connectivity index (χ4v) is 2.26. The first kappa shape index (κ1) is 19.6. The van der Waals surface area contributed by atoms with E-state index in [1.807, 2.05) is 0 Å². The predicted octanol–water partition coefficient (Wildman–Crippen LogP) is 3.28. The molecular formula is C19H20ClNO5. The number of halogens is 1. The molecule has 2 N–H and O–H groups in total. The molecule has 138 valence electrons. The molecule has 0 atom stereocenters. The zero-order valence-corrected chi connectivity index (χ0v) is 15.2. The van der Waals surface area contributed by atoms with Gasteiger partial charge in [0.1, 0.15) is 11.5 Å². The molecule has 2 aromatic rings. The van der Waals surface area contributed by atoms with E-state index in [1.54, 1.807) is 62.4 Å². The third kappa shape index (κ3) is 5.97. The van der Waals surface area contributed by atoms with Crippen molar-refractivity contribution in [1.29, 1.82) is 0 Å². The van der Waals surface area contributed by atoms with Gasteiger partial charge >= 0.3 is 5.97 Å². The molecule has 0 aliphatic rings. The topological polar surface area (TPSA) is 84.9 Å². The van der Waals surface area contributed by atoms with Crippen LogP contribution in [0.25, 0.3) is 0 Å². The molecule has 1 amide bonds. The molecule has 0 aliphatic carbocycles. The number of carbonyl (C=O) groups excluding carboxylic acids is 1. The van der Waals surface area contributed by atoms with Crippen LogP contribution in [0, 0.1) is 0 Å². The van der Waals surface area contributed by atoms with E-state index in [2.05, 4.69) is 5.32 Å². The van der Waals surface area contributed by atoms with E-state index in [0.29, 0.717) is 16.5 Å². The van der Waals surface area contributed by atoms with Crippen LogP contribution in [-0.4, -0.2) is 29.2 Å². The van der Waals surface area contributed by atoms with E-state index >= 15 is 0 Å². The summed E-state index contributed by atoms with van der Waals surface area (Å²) in [5.41, 5.74) is -0.297. The highest BCUT2D eigenvalue weighted by Gasteiger charge is 2.29. The molecule has 0 saturated carbocycles. The molecule has 0 fully saturated rings. The van der Waals surface area contributed by atoms with Gasteiger partial charge in [-0.3, -0.25) is 4.79 Å². The molecule has 0 heterocycles. The summed E-state index contributed by atoms with van der Waals surface area (Å²) in [6.07, 6.45) is 0. The lowest BCUT2D eigenvalue weighted by Gasteiger charge is -2.25. The number of hydrogen-bond donors (Lipinski definition) is 2. The smallest absolute Gasteiger partial charge is 0.341 e. The van der Waals surface area contributed by atoms with Crippen LogP contribution >= 0.6 is 11.6 Å². The molecule has 7 heteroatoms. The number of carboxylic acids is 1. The summed E-state index contributed by atoms with van der Waals surface area (Å²) < 4.78 is 10.9. The van der Waals surface area contributed by atoms with E-state index < -0.39 is 18.2 Å². The molecule has 6 nitrogen and oxygen atoms in total. The Hall–Kier alpha value is -2.73. The van der Waals surface area contributed by atoms with Crippen LogP contribution in [0.3, 0.4) is 0 Å². The Bertz CT molecular complexity index is 774. The van der Waals surface area contributed by atoms with Crippen molar-refractivity contribution >= 4 is 23.5 Å². The second kappa shape index (κ2) is 8.58. The van der Waals surface area contributed by atoms with Gasteiger partial charge in [0.25, 0.3) is 5.91 Å². The van der Waals surface area contributed by atoms with Crippen LogP contribution < -0.4 is 14.8 Å². The Morgan fingerprint density at radius 3 is 2.46 bits per heavy atom. The number of rotatable bonds is 8. The molecule has 26 heavy (non-hydrogen) atoms. The average Bonchev–Trinajstić information content (AvgIpc) is 2.60. The van der Waals surface area contributed by atoms with Gasteiger partial charge in [0.2, 0.25) is 0 Å². The number of aliphatic carboxylic acids is 1. The van der Waals surface area contributed by atoms with Crippen LogP contribution in [0.4, 0.5) is 0 Å². The van der Waals surface area contributed by atoms with Crippen molar-refractivity contribution in [2.24, 2.45) is 0 Å². The number of carbonyl (C=O) groups is 2. The standard InChI is InChI=1S/C19H20ClNO5/c1-19(2,26-15-8-6-14(20)7-9-15)18(24)21-11-13-4-3-5-16(10-13)25-12-17(22)23/h3-10H,11-12H2,1-2H3,(H,21,24)(H,22,23). The molecule has 2 rings (SSSR count). The quantitative estimate of drug-likeness (QED) is 0.737. The summed E-state index contributed by atoms with van der Waals surface area (Å²) in [4.78, 5) is 23.0. The van der Waals surface area contributed by atoms with Crippen molar-refractivity contribution in [2.75, 3.05) is 6.61 Å². The number of amides is 1. The molecule has 0 aromatic heterocycles. The first-order valence-electron chi connectivity index (χ1n) is 7.93. The van der Waals surface area contributed by atoms with Gasteiger partial charge in [-0.2, -0.15) is 0 Å². The van der Waals surface area contributed by atoms with Crippen LogP contribution in [-0.2, 0) is 16.1 Å². The van der Waals surface area contributed by atoms with E-state index in [9.17, 15) is 9.59 Å². The minimum absolute atomic E-state index is 0.260. The highest BCUT2D eigenvalue weighted by Crippen LogP contribution is 2.21. The Labute approximate surface area is 156 Å². The summed E-state index contributed by atoms with van der Waals surface area (Å²) in [7, 11) is 0. The Balaban J connectivity index is 1.93. The normalized spacial score (nSPS) is 10.9. The van der Waals surface area contributed by atoms with Crippen molar-refractivity contribution in [3.8, 4) is 11.5 Å². The molecule has 0 spiro atoms. The fraction of sp³-hybridized carbons (Fsp3) is 0.263. The number of hydrogen-bond acceptors (Lipinski definition) is 4. The number of ether oxygens (including phenoxy) is 2.